The van der Waals surface area contributed by atoms with Crippen LogP contribution in [0.15, 0.2) is 12.1 Å². The van der Waals surface area contributed by atoms with Crippen molar-refractivity contribution in [3.63, 3.8) is 0 Å². The van der Waals surface area contributed by atoms with Crippen LogP contribution in [0.3, 0.4) is 0 Å². The summed E-state index contributed by atoms with van der Waals surface area (Å²) in [5, 5.41) is 13.0. The number of rotatable bonds is 4. The first kappa shape index (κ1) is 19.8. The van der Waals surface area contributed by atoms with E-state index in [1.165, 1.54) is 0 Å². The van der Waals surface area contributed by atoms with Crippen LogP contribution < -0.4 is 14.8 Å². The van der Waals surface area contributed by atoms with Gasteiger partial charge in [-0.1, -0.05) is 0 Å². The molecule has 1 aromatic carbocycles. The first-order chi connectivity index (χ1) is 12.8. The van der Waals surface area contributed by atoms with Crippen LogP contribution in [-0.4, -0.2) is 54.5 Å². The first-order valence-corrected chi connectivity index (χ1v) is 9.49. The van der Waals surface area contributed by atoms with Crippen LogP contribution in [0.1, 0.15) is 50.8 Å². The van der Waals surface area contributed by atoms with Gasteiger partial charge in [0.25, 0.3) is 0 Å². The zero-order chi connectivity index (χ0) is 19.6. The van der Waals surface area contributed by atoms with Gasteiger partial charge in [0, 0.05) is 24.7 Å². The maximum atomic E-state index is 12.1. The lowest BCUT2D eigenvalue weighted by Crippen LogP contribution is -2.48. The van der Waals surface area contributed by atoms with E-state index in [4.69, 9.17) is 14.2 Å². The Labute approximate surface area is 160 Å². The van der Waals surface area contributed by atoms with Gasteiger partial charge in [-0.15, -0.1) is 0 Å². The van der Waals surface area contributed by atoms with Crippen molar-refractivity contribution in [2.24, 2.45) is 0 Å². The maximum Gasteiger partial charge on any atom is 0.407 e. The molecular weight excluding hydrogens is 348 g/mol. The Kier molecular flexibility index (Phi) is 5.81. The number of aliphatic hydroxyl groups excluding tert-OH is 1. The van der Waals surface area contributed by atoms with Gasteiger partial charge in [-0.3, -0.25) is 4.90 Å². The molecule has 0 saturated carbocycles. The smallest absolute Gasteiger partial charge is 0.407 e. The number of ether oxygens (including phenoxy) is 3. The summed E-state index contributed by atoms with van der Waals surface area (Å²) in [6, 6.07) is 3.79. The summed E-state index contributed by atoms with van der Waals surface area (Å²) in [5.74, 6) is 1.48. The summed E-state index contributed by atoms with van der Waals surface area (Å²) in [5.41, 5.74) is 1.25. The van der Waals surface area contributed by atoms with Crippen molar-refractivity contribution in [3.8, 4) is 11.5 Å². The average molecular weight is 378 g/mol. The van der Waals surface area contributed by atoms with Gasteiger partial charge in [-0.05, 0) is 52.3 Å². The fourth-order valence-corrected chi connectivity index (χ4v) is 3.67. The van der Waals surface area contributed by atoms with Crippen molar-refractivity contribution in [1.29, 1.82) is 0 Å². The van der Waals surface area contributed by atoms with Gasteiger partial charge < -0.3 is 24.6 Å². The highest BCUT2D eigenvalue weighted by Crippen LogP contribution is 2.41. The second kappa shape index (κ2) is 7.94. The van der Waals surface area contributed by atoms with Gasteiger partial charge in [0.2, 0.25) is 0 Å². The number of hydrogen-bond donors (Lipinski definition) is 2. The lowest BCUT2D eigenvalue weighted by Gasteiger charge is -2.34. The van der Waals surface area contributed by atoms with Crippen LogP contribution in [0.25, 0.3) is 0 Å². The van der Waals surface area contributed by atoms with Gasteiger partial charge in [0.1, 0.15) is 29.8 Å². The molecule has 1 saturated heterocycles. The lowest BCUT2D eigenvalue weighted by molar-refractivity contribution is 0.0469. The highest BCUT2D eigenvalue weighted by Gasteiger charge is 2.30. The van der Waals surface area contributed by atoms with Crippen molar-refractivity contribution in [2.75, 3.05) is 26.8 Å². The zero-order valence-corrected chi connectivity index (χ0v) is 16.6. The number of piperidine rings is 1. The third-order valence-electron chi connectivity index (χ3n) is 4.82. The molecule has 2 aliphatic heterocycles. The summed E-state index contributed by atoms with van der Waals surface area (Å²) in [7, 11) is 1.64. The van der Waals surface area contributed by atoms with Crippen LogP contribution in [0.4, 0.5) is 4.79 Å². The molecule has 2 atom stereocenters. The van der Waals surface area contributed by atoms with Gasteiger partial charge in [0.15, 0.2) is 0 Å². The molecule has 3 rings (SSSR count). The molecule has 1 fully saturated rings. The predicted octanol–water partition coefficient (Wildman–Crippen LogP) is 2.61. The fourth-order valence-electron chi connectivity index (χ4n) is 3.67. The number of methoxy groups -OCH3 is 1. The van der Waals surface area contributed by atoms with Crippen LogP contribution in [0.5, 0.6) is 11.5 Å². The fraction of sp³-hybridized carbons (Fsp3) is 0.650. The SMILES string of the molecule is COc1ccc2c(c1CN1CCC[C@H](NC(=O)OC(C)(C)C)C1)OCC2O. The first-order valence-electron chi connectivity index (χ1n) is 9.49. The maximum absolute atomic E-state index is 12.1. The number of nitrogens with zero attached hydrogens (tertiary/aromatic N) is 1. The minimum atomic E-state index is -0.590. The third-order valence-corrected chi connectivity index (χ3v) is 4.82. The van der Waals surface area contributed by atoms with E-state index >= 15 is 0 Å². The van der Waals surface area contributed by atoms with Crippen LogP contribution in [-0.2, 0) is 11.3 Å². The summed E-state index contributed by atoms with van der Waals surface area (Å²) >= 11 is 0. The Balaban J connectivity index is 1.67. The largest absolute Gasteiger partial charge is 0.496 e. The van der Waals surface area contributed by atoms with Gasteiger partial charge in [0.05, 0.1) is 12.7 Å². The molecule has 150 valence electrons. The van der Waals surface area contributed by atoms with Crippen molar-refractivity contribution in [3.05, 3.63) is 23.3 Å². The molecule has 1 aromatic rings. The molecule has 2 N–H and O–H groups in total. The van der Waals surface area contributed by atoms with E-state index in [-0.39, 0.29) is 18.7 Å². The van der Waals surface area contributed by atoms with E-state index in [1.807, 2.05) is 32.9 Å². The highest BCUT2D eigenvalue weighted by molar-refractivity contribution is 5.68. The van der Waals surface area contributed by atoms with Crippen molar-refractivity contribution >= 4 is 6.09 Å². The quantitative estimate of drug-likeness (QED) is 0.838. The third kappa shape index (κ3) is 4.84. The van der Waals surface area contributed by atoms with E-state index < -0.39 is 11.7 Å². The molecule has 0 radical (unpaired) electrons. The lowest BCUT2D eigenvalue weighted by atomic mass is 10.0. The van der Waals surface area contributed by atoms with E-state index in [0.717, 1.165) is 48.6 Å². The molecule has 0 bridgehead atoms. The number of nitrogens with one attached hydrogen (secondary N) is 1. The van der Waals surface area contributed by atoms with Crippen molar-refractivity contribution in [1.82, 2.24) is 10.2 Å². The number of likely N-dealkylation sites (tertiary alicyclic amines) is 1. The van der Waals surface area contributed by atoms with Gasteiger partial charge in [-0.25, -0.2) is 4.79 Å². The molecule has 1 unspecified atom stereocenters. The average Bonchev–Trinajstić information content (AvgIpc) is 2.95. The predicted molar refractivity (Wildman–Crippen MR) is 101 cm³/mol. The molecular formula is C20H30N2O5. The zero-order valence-electron chi connectivity index (χ0n) is 16.6. The molecule has 2 heterocycles. The Bertz CT molecular complexity index is 686. The summed E-state index contributed by atoms with van der Waals surface area (Å²) < 4.78 is 16.6. The second-order valence-corrected chi connectivity index (χ2v) is 8.21. The van der Waals surface area contributed by atoms with Gasteiger partial charge >= 0.3 is 6.09 Å². The Morgan fingerprint density at radius 1 is 1.41 bits per heavy atom. The Morgan fingerprint density at radius 3 is 2.89 bits per heavy atom. The Hall–Kier alpha value is -1.99. The molecule has 7 nitrogen and oxygen atoms in total. The summed E-state index contributed by atoms with van der Waals surface area (Å²) in [6.45, 7) is 8.16. The van der Waals surface area contributed by atoms with Crippen LogP contribution in [0, 0.1) is 0 Å². The number of hydrogen-bond acceptors (Lipinski definition) is 6. The number of alkyl carbamates (subject to hydrolysis) is 1. The van der Waals surface area contributed by atoms with E-state index in [2.05, 4.69) is 10.2 Å². The van der Waals surface area contributed by atoms with Crippen LogP contribution >= 0.6 is 0 Å². The van der Waals surface area contributed by atoms with E-state index in [1.54, 1.807) is 7.11 Å². The molecule has 0 spiro atoms. The molecule has 2 aliphatic rings. The summed E-state index contributed by atoms with van der Waals surface area (Å²) in [4.78, 5) is 14.3. The topological polar surface area (TPSA) is 80.3 Å². The molecule has 0 aromatic heterocycles. The van der Waals surface area contributed by atoms with E-state index in [0.29, 0.717) is 6.54 Å². The normalized spacial score (nSPS) is 22.7. The Morgan fingerprint density at radius 2 is 2.19 bits per heavy atom. The van der Waals surface area contributed by atoms with Crippen molar-refractivity contribution < 1.29 is 24.1 Å². The minimum Gasteiger partial charge on any atom is -0.496 e. The monoisotopic (exact) mass is 378 g/mol. The minimum absolute atomic E-state index is 0.0443. The number of carbonyl (C=O) groups excluding carboxylic acids is 1. The number of aliphatic hydroxyl groups is 1. The standard InChI is InChI=1S/C20H30N2O5/c1-20(2,3)27-19(24)21-13-6-5-9-22(10-13)11-15-17(25-4)8-7-14-16(23)12-26-18(14)15/h7-8,13,16,23H,5-6,9-12H2,1-4H3,(H,21,24)/t13-,16?/m0/s1. The van der Waals surface area contributed by atoms with Gasteiger partial charge in [-0.2, -0.15) is 0 Å². The highest BCUT2D eigenvalue weighted by atomic mass is 16.6. The molecule has 7 heteroatoms. The summed E-state index contributed by atoms with van der Waals surface area (Å²) in [6.07, 6.45) is 0.947. The molecule has 1 amide bonds. The number of fused-ring (bicyclic) bond motifs is 1. The number of carbonyl (C=O) groups is 1. The van der Waals surface area contributed by atoms with E-state index in [9.17, 15) is 9.90 Å². The number of benzene rings is 1. The second-order valence-electron chi connectivity index (χ2n) is 8.21. The molecule has 0 aliphatic carbocycles. The van der Waals surface area contributed by atoms with Crippen molar-refractivity contribution in [2.45, 2.75) is 57.9 Å². The van der Waals surface area contributed by atoms with Crippen LogP contribution in [0.2, 0.25) is 0 Å². The molecule has 27 heavy (non-hydrogen) atoms. The number of amides is 1.